The Morgan fingerprint density at radius 1 is 1.06 bits per heavy atom. The molecule has 0 aliphatic rings. The minimum Gasteiger partial charge on any atom is -0.369 e. The zero-order chi connectivity index (χ0) is 12.7. The number of nitrogen functional groups attached to an aromatic ring is 1. The lowest BCUT2D eigenvalue weighted by Crippen LogP contribution is -1.84. The van der Waals surface area contributed by atoms with Gasteiger partial charge < -0.3 is 10.7 Å². The molecule has 3 N–H and O–H groups in total. The number of H-pyrrole nitrogens is 1. The summed E-state index contributed by atoms with van der Waals surface area (Å²) in [7, 11) is 0. The van der Waals surface area contributed by atoms with Crippen molar-refractivity contribution in [1.29, 1.82) is 0 Å². The molecule has 3 rings (SSSR count). The summed E-state index contributed by atoms with van der Waals surface area (Å²) in [6.45, 7) is 0. The summed E-state index contributed by atoms with van der Waals surface area (Å²) in [5.74, 6) is 0.396. The highest BCUT2D eigenvalue weighted by Crippen LogP contribution is 2.35. The van der Waals surface area contributed by atoms with Crippen LogP contribution in [0.15, 0.2) is 36.4 Å². The van der Waals surface area contributed by atoms with E-state index in [1.165, 1.54) is 0 Å². The van der Waals surface area contributed by atoms with Crippen molar-refractivity contribution < 1.29 is 0 Å². The van der Waals surface area contributed by atoms with Crippen LogP contribution in [0, 0.1) is 0 Å². The van der Waals surface area contributed by atoms with Gasteiger partial charge in [-0.2, -0.15) is 0 Å². The van der Waals surface area contributed by atoms with Gasteiger partial charge in [0.15, 0.2) is 5.95 Å². The molecule has 0 saturated heterocycles. The minimum absolute atomic E-state index is 0.396. The molecule has 2 aromatic carbocycles. The molecule has 5 heteroatoms. The van der Waals surface area contributed by atoms with E-state index >= 15 is 0 Å². The molecule has 18 heavy (non-hydrogen) atoms. The van der Waals surface area contributed by atoms with Crippen LogP contribution in [0.5, 0.6) is 0 Å². The van der Waals surface area contributed by atoms with Crippen molar-refractivity contribution in [2.24, 2.45) is 0 Å². The second-order valence-electron chi connectivity index (χ2n) is 3.95. The van der Waals surface area contributed by atoms with Crippen LogP contribution in [0.1, 0.15) is 0 Å². The van der Waals surface area contributed by atoms with Gasteiger partial charge >= 0.3 is 0 Å². The van der Waals surface area contributed by atoms with E-state index in [2.05, 4.69) is 9.97 Å². The number of nitrogens with two attached hydrogens (primary N) is 1. The number of aromatic amines is 1. The first-order valence-electron chi connectivity index (χ1n) is 5.35. The van der Waals surface area contributed by atoms with Gasteiger partial charge in [0.05, 0.1) is 11.0 Å². The molecule has 1 aromatic heterocycles. The lowest BCUT2D eigenvalue weighted by atomic mass is 10.1. The maximum Gasteiger partial charge on any atom is 0.198 e. The fourth-order valence-electron chi connectivity index (χ4n) is 1.95. The molecular formula is C13H9Cl2N3. The number of anilines is 1. The molecule has 0 saturated carbocycles. The van der Waals surface area contributed by atoms with E-state index in [-0.39, 0.29) is 0 Å². The Bertz CT molecular complexity index is 714. The Labute approximate surface area is 114 Å². The molecule has 0 aliphatic heterocycles. The van der Waals surface area contributed by atoms with Gasteiger partial charge in [0.2, 0.25) is 0 Å². The first kappa shape index (κ1) is 11.4. The summed E-state index contributed by atoms with van der Waals surface area (Å²) < 4.78 is 0. The Morgan fingerprint density at radius 2 is 1.78 bits per heavy atom. The maximum atomic E-state index is 6.18. The van der Waals surface area contributed by atoms with Crippen LogP contribution < -0.4 is 5.73 Å². The van der Waals surface area contributed by atoms with Gasteiger partial charge in [-0.25, -0.2) is 4.98 Å². The number of halogens is 2. The van der Waals surface area contributed by atoms with Gasteiger partial charge in [-0.05, 0) is 29.8 Å². The third kappa shape index (κ3) is 1.82. The number of fused-ring (bicyclic) bond motifs is 1. The van der Waals surface area contributed by atoms with Gasteiger partial charge in [-0.15, -0.1) is 0 Å². The second kappa shape index (κ2) is 4.19. The highest BCUT2D eigenvalue weighted by molar-refractivity contribution is 6.39. The molecule has 90 valence electrons. The number of aromatic nitrogens is 2. The first-order valence-corrected chi connectivity index (χ1v) is 6.10. The lowest BCUT2D eigenvalue weighted by Gasteiger charge is -2.06. The number of hydrogen-bond donors (Lipinski definition) is 2. The number of imidazole rings is 1. The van der Waals surface area contributed by atoms with Crippen molar-refractivity contribution in [2.45, 2.75) is 0 Å². The zero-order valence-corrected chi connectivity index (χ0v) is 10.8. The average Bonchev–Trinajstić information content (AvgIpc) is 2.68. The quantitative estimate of drug-likeness (QED) is 0.703. The Kier molecular flexibility index (Phi) is 2.65. The Balaban J connectivity index is 2.25. The molecule has 0 aliphatic carbocycles. The summed E-state index contributed by atoms with van der Waals surface area (Å²) in [6.07, 6.45) is 0. The summed E-state index contributed by atoms with van der Waals surface area (Å²) in [4.78, 5) is 7.16. The SMILES string of the molecule is Nc1nc2cc(-c3c(Cl)cccc3Cl)ccc2[nH]1. The monoisotopic (exact) mass is 277 g/mol. The molecule has 1 heterocycles. The van der Waals surface area contributed by atoms with Crippen molar-refractivity contribution in [1.82, 2.24) is 9.97 Å². The molecule has 0 spiro atoms. The molecule has 0 atom stereocenters. The fourth-order valence-corrected chi connectivity index (χ4v) is 2.57. The van der Waals surface area contributed by atoms with Crippen LogP contribution in [-0.4, -0.2) is 9.97 Å². The molecule has 3 nitrogen and oxygen atoms in total. The number of nitrogens with zero attached hydrogens (tertiary/aromatic N) is 1. The third-order valence-corrected chi connectivity index (χ3v) is 3.38. The van der Waals surface area contributed by atoms with E-state index in [1.807, 2.05) is 36.4 Å². The summed E-state index contributed by atoms with van der Waals surface area (Å²) in [5, 5.41) is 1.23. The van der Waals surface area contributed by atoms with E-state index in [4.69, 9.17) is 28.9 Å². The number of benzene rings is 2. The van der Waals surface area contributed by atoms with Gasteiger partial charge in [-0.3, -0.25) is 0 Å². The maximum absolute atomic E-state index is 6.18. The van der Waals surface area contributed by atoms with E-state index < -0.39 is 0 Å². The molecule has 0 radical (unpaired) electrons. The van der Waals surface area contributed by atoms with Crippen LogP contribution in [0.25, 0.3) is 22.2 Å². The van der Waals surface area contributed by atoms with Crippen LogP contribution >= 0.6 is 23.2 Å². The lowest BCUT2D eigenvalue weighted by molar-refractivity contribution is 1.35. The van der Waals surface area contributed by atoms with E-state index in [0.717, 1.165) is 22.2 Å². The summed E-state index contributed by atoms with van der Waals surface area (Å²) >= 11 is 12.4. The minimum atomic E-state index is 0.396. The predicted octanol–water partition coefficient (Wildman–Crippen LogP) is 4.12. The summed E-state index contributed by atoms with van der Waals surface area (Å²) in [6, 6.07) is 11.2. The predicted molar refractivity (Wildman–Crippen MR) is 76.0 cm³/mol. The first-order chi connectivity index (χ1) is 8.65. The molecule has 0 amide bonds. The highest BCUT2D eigenvalue weighted by atomic mass is 35.5. The second-order valence-corrected chi connectivity index (χ2v) is 4.77. The van der Waals surface area contributed by atoms with E-state index in [0.29, 0.717) is 16.0 Å². The number of nitrogens with one attached hydrogen (secondary N) is 1. The van der Waals surface area contributed by atoms with Crippen LogP contribution in [-0.2, 0) is 0 Å². The van der Waals surface area contributed by atoms with Gasteiger partial charge in [0.1, 0.15) is 0 Å². The molecular weight excluding hydrogens is 269 g/mol. The topological polar surface area (TPSA) is 54.7 Å². The molecule has 3 aromatic rings. The molecule has 0 bridgehead atoms. The van der Waals surface area contributed by atoms with Crippen molar-refractivity contribution in [3.8, 4) is 11.1 Å². The normalized spacial score (nSPS) is 11.0. The largest absolute Gasteiger partial charge is 0.369 e. The smallest absolute Gasteiger partial charge is 0.198 e. The van der Waals surface area contributed by atoms with E-state index in [9.17, 15) is 0 Å². The summed E-state index contributed by atoms with van der Waals surface area (Å²) in [5.41, 5.74) is 9.03. The Morgan fingerprint density at radius 3 is 2.50 bits per heavy atom. The number of hydrogen-bond acceptors (Lipinski definition) is 2. The van der Waals surface area contributed by atoms with Crippen molar-refractivity contribution in [3.63, 3.8) is 0 Å². The van der Waals surface area contributed by atoms with Gasteiger partial charge in [-0.1, -0.05) is 35.3 Å². The van der Waals surface area contributed by atoms with Gasteiger partial charge in [0.25, 0.3) is 0 Å². The fraction of sp³-hybridized carbons (Fsp3) is 0. The zero-order valence-electron chi connectivity index (χ0n) is 9.24. The van der Waals surface area contributed by atoms with Crippen molar-refractivity contribution in [3.05, 3.63) is 46.4 Å². The van der Waals surface area contributed by atoms with Crippen LogP contribution in [0.4, 0.5) is 5.95 Å². The molecule has 0 fully saturated rings. The number of rotatable bonds is 1. The average molecular weight is 278 g/mol. The Hall–Kier alpha value is -1.71. The highest BCUT2D eigenvalue weighted by Gasteiger charge is 2.09. The van der Waals surface area contributed by atoms with Crippen LogP contribution in [0.2, 0.25) is 10.0 Å². The van der Waals surface area contributed by atoms with Gasteiger partial charge in [0, 0.05) is 15.6 Å². The standard InChI is InChI=1S/C13H9Cl2N3/c14-8-2-1-3-9(15)12(8)7-4-5-10-11(6-7)18-13(16)17-10/h1-6H,(H3,16,17,18). The van der Waals surface area contributed by atoms with Crippen LogP contribution in [0.3, 0.4) is 0 Å². The third-order valence-electron chi connectivity index (χ3n) is 2.75. The van der Waals surface area contributed by atoms with E-state index in [1.54, 1.807) is 0 Å². The molecule has 0 unspecified atom stereocenters. The van der Waals surface area contributed by atoms with Crippen molar-refractivity contribution in [2.75, 3.05) is 5.73 Å². The van der Waals surface area contributed by atoms with Crippen molar-refractivity contribution >= 4 is 40.2 Å².